The Morgan fingerprint density at radius 2 is 2.47 bits per heavy atom. The van der Waals surface area contributed by atoms with Gasteiger partial charge in [0.15, 0.2) is 0 Å². The van der Waals surface area contributed by atoms with Crippen LogP contribution < -0.4 is 5.32 Å². The van der Waals surface area contributed by atoms with E-state index in [0.717, 1.165) is 24.3 Å². The molecule has 1 unspecified atom stereocenters. The fourth-order valence-corrected chi connectivity index (χ4v) is 2.60. The number of hydrogen-bond donors (Lipinski definition) is 3. The molecule has 0 aliphatic rings. The van der Waals surface area contributed by atoms with Gasteiger partial charge in [-0.05, 0) is 24.4 Å². The monoisotopic (exact) mass is 281 g/mol. The average Bonchev–Trinajstić information content (AvgIpc) is 3.05. The molecule has 2 aromatic heterocycles. The Bertz CT molecular complexity index is 470. The van der Waals surface area contributed by atoms with Crippen molar-refractivity contribution in [1.82, 2.24) is 15.5 Å². The number of nitrogens with zero attached hydrogens (tertiary/aromatic N) is 1. The predicted molar refractivity (Wildman–Crippen MR) is 76.1 cm³/mol. The summed E-state index contributed by atoms with van der Waals surface area (Å²) in [5, 5.41) is 22.0. The van der Waals surface area contributed by atoms with E-state index in [-0.39, 0.29) is 0 Å². The lowest BCUT2D eigenvalue weighted by molar-refractivity contribution is 0.0594. The Morgan fingerprint density at radius 3 is 3.21 bits per heavy atom. The maximum absolute atomic E-state index is 9.53. The van der Waals surface area contributed by atoms with Crippen LogP contribution in [0.25, 0.3) is 10.6 Å². The summed E-state index contributed by atoms with van der Waals surface area (Å²) in [7, 11) is 1.59. The molecule has 0 aliphatic heterocycles. The number of aliphatic hydroxyl groups is 1. The lowest BCUT2D eigenvalue weighted by atomic mass is 10.2. The number of nitrogens with one attached hydrogen (secondary N) is 2. The van der Waals surface area contributed by atoms with Gasteiger partial charge in [-0.2, -0.15) is 5.10 Å². The second kappa shape index (κ2) is 7.40. The summed E-state index contributed by atoms with van der Waals surface area (Å²) in [5.41, 5.74) is 2.21. The number of thiophene rings is 1. The van der Waals surface area contributed by atoms with Gasteiger partial charge >= 0.3 is 0 Å². The van der Waals surface area contributed by atoms with Crippen LogP contribution in [0.1, 0.15) is 12.0 Å². The highest BCUT2D eigenvalue weighted by atomic mass is 32.1. The summed E-state index contributed by atoms with van der Waals surface area (Å²) in [6.07, 6.45) is 2.12. The van der Waals surface area contributed by atoms with Gasteiger partial charge in [-0.25, -0.2) is 0 Å². The van der Waals surface area contributed by atoms with Crippen LogP contribution in [0.15, 0.2) is 23.7 Å². The van der Waals surface area contributed by atoms with Gasteiger partial charge in [0, 0.05) is 19.2 Å². The third-order valence-electron chi connectivity index (χ3n) is 2.81. The van der Waals surface area contributed by atoms with Gasteiger partial charge < -0.3 is 15.2 Å². The quantitative estimate of drug-likeness (QED) is 0.643. The van der Waals surface area contributed by atoms with Gasteiger partial charge in [0.1, 0.15) is 0 Å². The van der Waals surface area contributed by atoms with E-state index in [1.54, 1.807) is 18.4 Å². The first-order valence-electron chi connectivity index (χ1n) is 6.25. The third kappa shape index (κ3) is 4.14. The molecule has 6 heteroatoms. The van der Waals surface area contributed by atoms with Crippen LogP contribution in [0.3, 0.4) is 0 Å². The molecule has 0 saturated heterocycles. The first-order valence-corrected chi connectivity index (χ1v) is 7.13. The van der Waals surface area contributed by atoms with Crippen LogP contribution in [-0.4, -0.2) is 41.7 Å². The standard InChI is InChI=1S/C13H19N3O2S/c1-18-9-11(17)4-5-14-7-10-8-15-16-13(10)12-3-2-6-19-12/h2-3,6,8,11,14,17H,4-5,7,9H2,1H3,(H,15,16). The minimum atomic E-state index is -0.404. The van der Waals surface area contributed by atoms with Crippen LogP contribution in [0.5, 0.6) is 0 Å². The van der Waals surface area contributed by atoms with Gasteiger partial charge in [0.2, 0.25) is 0 Å². The normalized spacial score (nSPS) is 12.7. The fraction of sp³-hybridized carbons (Fsp3) is 0.462. The highest BCUT2D eigenvalue weighted by molar-refractivity contribution is 7.13. The minimum Gasteiger partial charge on any atom is -0.391 e. The van der Waals surface area contributed by atoms with Crippen molar-refractivity contribution in [1.29, 1.82) is 0 Å². The van der Waals surface area contributed by atoms with Crippen molar-refractivity contribution in [2.24, 2.45) is 0 Å². The molecule has 0 aliphatic carbocycles. The second-order valence-corrected chi connectivity index (χ2v) is 5.27. The molecule has 0 radical (unpaired) electrons. The van der Waals surface area contributed by atoms with Crippen molar-refractivity contribution < 1.29 is 9.84 Å². The van der Waals surface area contributed by atoms with Crippen LogP contribution in [0.4, 0.5) is 0 Å². The highest BCUT2D eigenvalue weighted by Crippen LogP contribution is 2.25. The number of aliphatic hydroxyl groups excluding tert-OH is 1. The summed E-state index contributed by atoms with van der Waals surface area (Å²) in [5.74, 6) is 0. The van der Waals surface area contributed by atoms with E-state index >= 15 is 0 Å². The number of aromatic nitrogens is 2. The topological polar surface area (TPSA) is 70.2 Å². The number of ether oxygens (including phenoxy) is 1. The zero-order valence-electron chi connectivity index (χ0n) is 10.9. The van der Waals surface area contributed by atoms with Crippen LogP contribution in [0, 0.1) is 0 Å². The van der Waals surface area contributed by atoms with E-state index < -0.39 is 6.10 Å². The van der Waals surface area contributed by atoms with Gasteiger partial charge in [0.25, 0.3) is 0 Å². The predicted octanol–water partition coefficient (Wildman–Crippen LogP) is 1.63. The molecule has 0 aromatic carbocycles. The SMILES string of the molecule is COCC(O)CCNCc1cn[nH]c1-c1cccs1. The molecule has 0 amide bonds. The maximum Gasteiger partial charge on any atom is 0.0794 e. The summed E-state index contributed by atoms with van der Waals surface area (Å²) in [4.78, 5) is 1.19. The zero-order chi connectivity index (χ0) is 13.5. The molecule has 1 atom stereocenters. The summed E-state index contributed by atoms with van der Waals surface area (Å²) in [6, 6.07) is 4.10. The van der Waals surface area contributed by atoms with Gasteiger partial charge in [0.05, 0.1) is 29.5 Å². The number of H-pyrrole nitrogens is 1. The Hall–Kier alpha value is -1.21. The van der Waals surface area contributed by atoms with Crippen LogP contribution >= 0.6 is 11.3 Å². The molecule has 0 saturated carbocycles. The number of rotatable bonds is 8. The molecule has 104 valence electrons. The Kier molecular flexibility index (Phi) is 5.53. The second-order valence-electron chi connectivity index (χ2n) is 4.32. The molecule has 0 fully saturated rings. The van der Waals surface area contributed by atoms with Crippen molar-refractivity contribution in [3.05, 3.63) is 29.3 Å². The lowest BCUT2D eigenvalue weighted by Crippen LogP contribution is -2.23. The molecule has 0 spiro atoms. The maximum atomic E-state index is 9.53. The van der Waals surface area contributed by atoms with Crippen molar-refractivity contribution in [2.75, 3.05) is 20.3 Å². The van der Waals surface area contributed by atoms with Gasteiger partial charge in [-0.1, -0.05) is 6.07 Å². The lowest BCUT2D eigenvalue weighted by Gasteiger charge is -2.09. The Morgan fingerprint density at radius 1 is 1.58 bits per heavy atom. The van der Waals surface area contributed by atoms with Gasteiger partial charge in [-0.3, -0.25) is 5.10 Å². The van der Waals surface area contributed by atoms with Crippen LogP contribution in [0.2, 0.25) is 0 Å². The first kappa shape index (κ1) is 14.2. The van der Waals surface area contributed by atoms with Crippen molar-refractivity contribution in [2.45, 2.75) is 19.1 Å². The van der Waals surface area contributed by atoms with Crippen molar-refractivity contribution in [3.63, 3.8) is 0 Å². The molecular weight excluding hydrogens is 262 g/mol. The smallest absolute Gasteiger partial charge is 0.0794 e. The molecule has 5 nitrogen and oxygen atoms in total. The zero-order valence-corrected chi connectivity index (χ0v) is 11.7. The summed E-state index contributed by atoms with van der Waals surface area (Å²) < 4.78 is 4.88. The van der Waals surface area contributed by atoms with E-state index in [2.05, 4.69) is 27.0 Å². The summed E-state index contributed by atoms with van der Waals surface area (Å²) >= 11 is 1.69. The number of methoxy groups -OCH3 is 1. The van der Waals surface area contributed by atoms with E-state index in [1.165, 1.54) is 4.88 Å². The number of aromatic amines is 1. The molecule has 19 heavy (non-hydrogen) atoms. The summed E-state index contributed by atoms with van der Waals surface area (Å²) in [6.45, 7) is 1.87. The fourth-order valence-electron chi connectivity index (χ4n) is 1.85. The van der Waals surface area contributed by atoms with Crippen molar-refractivity contribution in [3.8, 4) is 10.6 Å². The molecular formula is C13H19N3O2S. The van der Waals surface area contributed by atoms with E-state index in [0.29, 0.717) is 13.0 Å². The Balaban J connectivity index is 1.79. The minimum absolute atomic E-state index is 0.383. The van der Waals surface area contributed by atoms with Gasteiger partial charge in [-0.15, -0.1) is 11.3 Å². The third-order valence-corrected chi connectivity index (χ3v) is 3.70. The first-order chi connectivity index (χ1) is 9.31. The van der Waals surface area contributed by atoms with E-state index in [4.69, 9.17) is 4.74 Å². The molecule has 0 bridgehead atoms. The van der Waals surface area contributed by atoms with Crippen molar-refractivity contribution >= 4 is 11.3 Å². The molecule has 2 rings (SSSR count). The van der Waals surface area contributed by atoms with E-state index in [1.807, 2.05) is 12.3 Å². The van der Waals surface area contributed by atoms with E-state index in [9.17, 15) is 5.11 Å². The Labute approximate surface area is 116 Å². The highest BCUT2D eigenvalue weighted by Gasteiger charge is 2.08. The molecule has 3 N–H and O–H groups in total. The largest absolute Gasteiger partial charge is 0.391 e. The number of hydrogen-bond acceptors (Lipinski definition) is 5. The molecule has 2 heterocycles. The average molecular weight is 281 g/mol. The van der Waals surface area contributed by atoms with Crippen LogP contribution in [-0.2, 0) is 11.3 Å². The molecule has 2 aromatic rings.